The third-order valence-electron chi connectivity index (χ3n) is 5.11. The molecule has 2 aromatic rings. The highest BCUT2D eigenvalue weighted by atomic mass is 79.9. The van der Waals surface area contributed by atoms with E-state index in [-0.39, 0.29) is 24.5 Å². The first-order chi connectivity index (χ1) is 14.7. The Hall–Kier alpha value is -2.05. The van der Waals surface area contributed by atoms with Gasteiger partial charge in [-0.1, -0.05) is 71.2 Å². The molecule has 0 radical (unpaired) electrons. The molecule has 168 valence electrons. The predicted octanol–water partition coefficient (Wildman–Crippen LogP) is 5.51. The van der Waals surface area contributed by atoms with E-state index in [9.17, 15) is 9.59 Å². The van der Waals surface area contributed by atoms with Crippen LogP contribution in [0.4, 0.5) is 0 Å². The highest BCUT2D eigenvalue weighted by molar-refractivity contribution is 9.10. The Labute approximate surface area is 198 Å². The van der Waals surface area contributed by atoms with Gasteiger partial charge in [-0.05, 0) is 50.5 Å². The number of nitrogens with one attached hydrogen (secondary N) is 1. The van der Waals surface area contributed by atoms with Crippen LogP contribution in [0.1, 0.15) is 44.7 Å². The Morgan fingerprint density at radius 1 is 1.13 bits per heavy atom. The first kappa shape index (κ1) is 25.2. The molecule has 0 aliphatic carbocycles. The zero-order valence-electron chi connectivity index (χ0n) is 18.5. The van der Waals surface area contributed by atoms with Gasteiger partial charge in [0.05, 0.1) is 5.02 Å². The van der Waals surface area contributed by atoms with Crippen molar-refractivity contribution in [2.75, 3.05) is 6.61 Å². The summed E-state index contributed by atoms with van der Waals surface area (Å²) in [6.07, 6.45) is 1.32. The molecule has 0 spiro atoms. The highest BCUT2D eigenvalue weighted by Crippen LogP contribution is 2.28. The third-order valence-corrected chi connectivity index (χ3v) is 5.89. The molecule has 0 aromatic heterocycles. The highest BCUT2D eigenvalue weighted by Gasteiger charge is 2.29. The van der Waals surface area contributed by atoms with Crippen molar-refractivity contribution in [3.8, 4) is 5.75 Å². The van der Waals surface area contributed by atoms with Gasteiger partial charge in [-0.3, -0.25) is 9.59 Å². The van der Waals surface area contributed by atoms with E-state index in [1.165, 1.54) is 0 Å². The average molecular weight is 510 g/mol. The molecule has 0 aliphatic heterocycles. The molecule has 7 heteroatoms. The molecule has 31 heavy (non-hydrogen) atoms. The molecule has 0 bridgehead atoms. The number of ether oxygens (including phenoxy) is 1. The van der Waals surface area contributed by atoms with Crippen molar-refractivity contribution in [2.24, 2.45) is 0 Å². The second-order valence-electron chi connectivity index (χ2n) is 7.61. The molecule has 0 saturated carbocycles. The maximum absolute atomic E-state index is 13.2. The lowest BCUT2D eigenvalue weighted by molar-refractivity contribution is -0.143. The number of rotatable bonds is 10. The lowest BCUT2D eigenvalue weighted by Gasteiger charge is -2.31. The molecule has 2 amide bonds. The molecule has 0 unspecified atom stereocenters. The van der Waals surface area contributed by atoms with E-state index in [2.05, 4.69) is 21.2 Å². The standard InChI is InChI=1S/C24H30BrClN2O3/c1-5-17(4)27-24(30)21(6-2)28(14-18-9-7-16(3)8-10-18)23(29)15-31-22-12-11-19(25)13-20(22)26/h7-13,17,21H,5-6,14-15H2,1-4H3,(H,27,30)/t17-,21+/m1/s1. The van der Waals surface area contributed by atoms with Gasteiger partial charge in [0.15, 0.2) is 6.61 Å². The van der Waals surface area contributed by atoms with E-state index >= 15 is 0 Å². The topological polar surface area (TPSA) is 58.6 Å². The Balaban J connectivity index is 2.22. The van der Waals surface area contributed by atoms with Crippen LogP contribution in [0.25, 0.3) is 0 Å². The number of benzene rings is 2. The van der Waals surface area contributed by atoms with Crippen molar-refractivity contribution in [1.29, 1.82) is 0 Å². The molecule has 0 aliphatic rings. The molecule has 5 nitrogen and oxygen atoms in total. The van der Waals surface area contributed by atoms with Gasteiger partial charge >= 0.3 is 0 Å². The molecule has 0 heterocycles. The summed E-state index contributed by atoms with van der Waals surface area (Å²) in [6.45, 7) is 8.00. The van der Waals surface area contributed by atoms with Crippen LogP contribution in [0.3, 0.4) is 0 Å². The van der Waals surface area contributed by atoms with Gasteiger partial charge in [0.2, 0.25) is 5.91 Å². The van der Waals surface area contributed by atoms with Gasteiger partial charge in [0, 0.05) is 17.1 Å². The lowest BCUT2D eigenvalue weighted by Crippen LogP contribution is -2.51. The molecule has 2 rings (SSSR count). The summed E-state index contributed by atoms with van der Waals surface area (Å²) in [4.78, 5) is 27.7. The van der Waals surface area contributed by atoms with Crippen LogP contribution < -0.4 is 10.1 Å². The predicted molar refractivity (Wildman–Crippen MR) is 128 cm³/mol. The van der Waals surface area contributed by atoms with Crippen LogP contribution in [0.5, 0.6) is 5.75 Å². The molecular formula is C24H30BrClN2O3. The van der Waals surface area contributed by atoms with Crippen molar-refractivity contribution in [3.05, 3.63) is 63.1 Å². The van der Waals surface area contributed by atoms with E-state index in [0.717, 1.165) is 22.0 Å². The van der Waals surface area contributed by atoms with Crippen LogP contribution in [0.15, 0.2) is 46.9 Å². The van der Waals surface area contributed by atoms with Crippen molar-refractivity contribution >= 4 is 39.3 Å². The van der Waals surface area contributed by atoms with Crippen molar-refractivity contribution in [2.45, 2.75) is 59.2 Å². The van der Waals surface area contributed by atoms with Crippen LogP contribution in [0, 0.1) is 6.92 Å². The number of halogens is 2. The summed E-state index contributed by atoms with van der Waals surface area (Å²) in [5, 5.41) is 3.41. The first-order valence-corrected chi connectivity index (χ1v) is 11.6. The van der Waals surface area contributed by atoms with E-state index < -0.39 is 6.04 Å². The minimum atomic E-state index is -0.591. The summed E-state index contributed by atoms with van der Waals surface area (Å²) in [5.74, 6) is -0.00435. The summed E-state index contributed by atoms with van der Waals surface area (Å²) < 4.78 is 6.52. The largest absolute Gasteiger partial charge is 0.482 e. The Morgan fingerprint density at radius 3 is 2.39 bits per heavy atom. The fourth-order valence-corrected chi connectivity index (χ4v) is 3.79. The van der Waals surface area contributed by atoms with Gasteiger partial charge in [0.25, 0.3) is 5.91 Å². The quantitative estimate of drug-likeness (QED) is 0.459. The number of aryl methyl sites for hydroxylation is 1. The van der Waals surface area contributed by atoms with Gasteiger partial charge in [0.1, 0.15) is 11.8 Å². The number of hydrogen-bond donors (Lipinski definition) is 1. The van der Waals surface area contributed by atoms with Gasteiger partial charge < -0.3 is 15.0 Å². The average Bonchev–Trinajstić information content (AvgIpc) is 2.74. The first-order valence-electron chi connectivity index (χ1n) is 10.5. The maximum Gasteiger partial charge on any atom is 0.261 e. The number of carbonyl (C=O) groups is 2. The number of carbonyl (C=O) groups excluding carboxylic acids is 2. The maximum atomic E-state index is 13.2. The number of amides is 2. The van der Waals surface area contributed by atoms with Crippen molar-refractivity contribution < 1.29 is 14.3 Å². The van der Waals surface area contributed by atoms with E-state index in [4.69, 9.17) is 16.3 Å². The molecule has 2 aromatic carbocycles. The van der Waals surface area contributed by atoms with Crippen molar-refractivity contribution in [1.82, 2.24) is 10.2 Å². The fourth-order valence-electron chi connectivity index (χ4n) is 3.07. The van der Waals surface area contributed by atoms with Gasteiger partial charge in [-0.25, -0.2) is 0 Å². The lowest BCUT2D eigenvalue weighted by atomic mass is 10.1. The summed E-state index contributed by atoms with van der Waals surface area (Å²) in [7, 11) is 0. The van der Waals surface area contributed by atoms with Crippen LogP contribution in [0.2, 0.25) is 5.02 Å². The molecule has 0 fully saturated rings. The fraction of sp³-hybridized carbons (Fsp3) is 0.417. The van der Waals surface area contributed by atoms with E-state index in [1.54, 1.807) is 23.1 Å². The van der Waals surface area contributed by atoms with E-state index in [1.807, 2.05) is 52.0 Å². The van der Waals surface area contributed by atoms with Crippen LogP contribution in [-0.4, -0.2) is 35.4 Å². The molecular weight excluding hydrogens is 480 g/mol. The van der Waals surface area contributed by atoms with Crippen LogP contribution in [-0.2, 0) is 16.1 Å². The summed E-state index contributed by atoms with van der Waals surface area (Å²) >= 11 is 9.56. The van der Waals surface area contributed by atoms with Gasteiger partial charge in [-0.15, -0.1) is 0 Å². The van der Waals surface area contributed by atoms with Gasteiger partial charge in [-0.2, -0.15) is 0 Å². The van der Waals surface area contributed by atoms with Crippen molar-refractivity contribution in [3.63, 3.8) is 0 Å². The summed E-state index contributed by atoms with van der Waals surface area (Å²) in [5.41, 5.74) is 2.09. The molecule has 0 saturated heterocycles. The second kappa shape index (κ2) is 12.1. The zero-order chi connectivity index (χ0) is 23.0. The SMILES string of the molecule is CC[C@@H](C)NC(=O)[C@H](CC)N(Cc1ccc(C)cc1)C(=O)COc1ccc(Br)cc1Cl. The zero-order valence-corrected chi connectivity index (χ0v) is 20.8. The monoisotopic (exact) mass is 508 g/mol. The number of hydrogen-bond acceptors (Lipinski definition) is 3. The third kappa shape index (κ3) is 7.54. The minimum Gasteiger partial charge on any atom is -0.482 e. The Morgan fingerprint density at radius 2 is 1.81 bits per heavy atom. The summed E-state index contributed by atoms with van der Waals surface area (Å²) in [6, 6.07) is 12.6. The normalized spacial score (nSPS) is 12.7. The molecule has 1 N–H and O–H groups in total. The minimum absolute atomic E-state index is 0.0377. The Kier molecular flexibility index (Phi) is 9.85. The molecule has 2 atom stereocenters. The number of nitrogens with zero attached hydrogens (tertiary/aromatic N) is 1. The smallest absolute Gasteiger partial charge is 0.261 e. The Bertz CT molecular complexity index is 889. The van der Waals surface area contributed by atoms with Crippen LogP contribution >= 0.6 is 27.5 Å². The van der Waals surface area contributed by atoms with E-state index in [0.29, 0.717) is 23.7 Å². The second-order valence-corrected chi connectivity index (χ2v) is 8.94.